The molecule has 2 amide bonds. The molecule has 1 atom stereocenters. The predicted molar refractivity (Wildman–Crippen MR) is 138 cm³/mol. The molecular weight excluding hydrogens is 532 g/mol. The number of alkyl halides is 1. The number of nitrogens with zero attached hydrogens (tertiary/aromatic N) is 1. The van der Waals surface area contributed by atoms with E-state index in [9.17, 15) is 19.2 Å². The summed E-state index contributed by atoms with van der Waals surface area (Å²) in [6.45, 7) is 3.83. The number of rotatable bonds is 11. The molecule has 0 N–H and O–H groups in total. The van der Waals surface area contributed by atoms with Crippen molar-refractivity contribution in [1.82, 2.24) is 0 Å². The van der Waals surface area contributed by atoms with Crippen molar-refractivity contribution < 1.29 is 33.0 Å². The molecule has 0 saturated heterocycles. The minimum absolute atomic E-state index is 0.00375. The van der Waals surface area contributed by atoms with Gasteiger partial charge in [0.15, 0.2) is 0 Å². The number of hydrogen-bond donors (Lipinski definition) is 0. The molecule has 2 rings (SSSR count). The molecule has 36 heavy (non-hydrogen) atoms. The van der Waals surface area contributed by atoms with Gasteiger partial charge in [0.05, 0.1) is 24.4 Å². The monoisotopic (exact) mass is 561 g/mol. The first kappa shape index (κ1) is 30.1. The lowest BCUT2D eigenvalue weighted by Gasteiger charge is -2.26. The first-order valence-electron chi connectivity index (χ1n) is 11.7. The standard InChI is InChI=1S/C25H30Cl2FNO6S/c1-4-5-8-11-35-25(33)17-10-7-6-9-16(17)23(31)29(22(30)14-26)20-13-21(18(27)12-19(20)28)36-15(2)24(32)34-3/h12-13,15H,4-11,14H2,1-3H3. The first-order chi connectivity index (χ1) is 17.2. The van der Waals surface area contributed by atoms with Gasteiger partial charge in [-0.2, -0.15) is 0 Å². The molecule has 1 aromatic rings. The zero-order chi connectivity index (χ0) is 26.8. The Morgan fingerprint density at radius 3 is 2.42 bits per heavy atom. The van der Waals surface area contributed by atoms with E-state index < -0.39 is 40.7 Å². The second-order valence-electron chi connectivity index (χ2n) is 8.19. The number of anilines is 1. The molecule has 1 aliphatic rings. The molecule has 7 nitrogen and oxygen atoms in total. The van der Waals surface area contributed by atoms with E-state index in [-0.39, 0.29) is 39.8 Å². The van der Waals surface area contributed by atoms with Crippen molar-refractivity contribution in [2.45, 2.75) is 68.9 Å². The molecule has 0 aliphatic heterocycles. The molecule has 0 aromatic heterocycles. The molecule has 11 heteroatoms. The lowest BCUT2D eigenvalue weighted by molar-refractivity contribution is -0.140. The number of methoxy groups -OCH3 is 1. The van der Waals surface area contributed by atoms with Gasteiger partial charge in [-0.05, 0) is 51.2 Å². The van der Waals surface area contributed by atoms with Gasteiger partial charge in [0.25, 0.3) is 5.91 Å². The van der Waals surface area contributed by atoms with E-state index in [0.29, 0.717) is 30.6 Å². The van der Waals surface area contributed by atoms with Crippen molar-refractivity contribution in [1.29, 1.82) is 0 Å². The Bertz CT molecular complexity index is 1030. The molecule has 0 saturated carbocycles. The third kappa shape index (κ3) is 7.70. The summed E-state index contributed by atoms with van der Waals surface area (Å²) in [6, 6.07) is 2.18. The number of amides is 2. The van der Waals surface area contributed by atoms with E-state index in [4.69, 9.17) is 32.7 Å². The number of thioether (sulfide) groups is 1. The Labute approximate surface area is 224 Å². The van der Waals surface area contributed by atoms with Crippen LogP contribution in [0.4, 0.5) is 10.1 Å². The van der Waals surface area contributed by atoms with Crippen LogP contribution in [-0.4, -0.2) is 48.6 Å². The van der Waals surface area contributed by atoms with Crippen LogP contribution in [-0.2, 0) is 28.7 Å². The van der Waals surface area contributed by atoms with Crippen molar-refractivity contribution in [3.05, 3.63) is 34.1 Å². The molecule has 0 bridgehead atoms. The summed E-state index contributed by atoms with van der Waals surface area (Å²) in [6.07, 6.45) is 4.43. The number of imide groups is 1. The molecule has 1 aliphatic carbocycles. The van der Waals surface area contributed by atoms with Gasteiger partial charge in [0.1, 0.15) is 16.9 Å². The fourth-order valence-electron chi connectivity index (χ4n) is 3.71. The molecule has 1 aromatic carbocycles. The van der Waals surface area contributed by atoms with E-state index in [1.165, 1.54) is 13.2 Å². The minimum Gasteiger partial charge on any atom is -0.468 e. The van der Waals surface area contributed by atoms with Crippen molar-refractivity contribution in [2.24, 2.45) is 0 Å². The van der Waals surface area contributed by atoms with Crippen molar-refractivity contribution in [2.75, 3.05) is 24.5 Å². The van der Waals surface area contributed by atoms with Crippen LogP contribution in [0.25, 0.3) is 0 Å². The molecule has 198 valence electrons. The lowest BCUT2D eigenvalue weighted by Crippen LogP contribution is -2.40. The smallest absolute Gasteiger partial charge is 0.334 e. The number of ether oxygens (including phenoxy) is 2. The average molecular weight is 562 g/mol. The van der Waals surface area contributed by atoms with Crippen molar-refractivity contribution >= 4 is 64.4 Å². The maximum atomic E-state index is 15.1. The van der Waals surface area contributed by atoms with Crippen LogP contribution in [0.5, 0.6) is 0 Å². The van der Waals surface area contributed by atoms with Gasteiger partial charge in [0.2, 0.25) is 5.91 Å². The largest absolute Gasteiger partial charge is 0.468 e. The Hall–Kier alpha value is -2.10. The predicted octanol–water partition coefficient (Wildman–Crippen LogP) is 5.84. The summed E-state index contributed by atoms with van der Waals surface area (Å²) in [5, 5.41) is -0.690. The van der Waals surface area contributed by atoms with Crippen LogP contribution in [0.15, 0.2) is 28.2 Å². The maximum Gasteiger partial charge on any atom is 0.334 e. The van der Waals surface area contributed by atoms with E-state index in [2.05, 4.69) is 0 Å². The number of hydrogen-bond acceptors (Lipinski definition) is 7. The zero-order valence-electron chi connectivity index (χ0n) is 20.5. The molecule has 0 spiro atoms. The lowest BCUT2D eigenvalue weighted by atomic mass is 9.90. The number of unbranched alkanes of at least 4 members (excludes halogenated alkanes) is 2. The Kier molecular flexibility index (Phi) is 12.2. The maximum absolute atomic E-state index is 15.1. The number of benzene rings is 1. The van der Waals surface area contributed by atoms with Gasteiger partial charge in [-0.1, -0.05) is 31.4 Å². The topological polar surface area (TPSA) is 90.0 Å². The number of halogens is 3. The third-order valence-corrected chi connectivity index (χ3v) is 7.39. The molecule has 0 heterocycles. The van der Waals surface area contributed by atoms with Crippen LogP contribution < -0.4 is 4.90 Å². The quantitative estimate of drug-likeness (QED) is 0.145. The molecule has 1 unspecified atom stereocenters. The fraction of sp³-hybridized carbons (Fsp3) is 0.520. The van der Waals surface area contributed by atoms with E-state index in [0.717, 1.165) is 30.7 Å². The average Bonchev–Trinajstić information content (AvgIpc) is 2.88. The molecular formula is C25H30Cl2FNO6S. The minimum atomic E-state index is -0.929. The summed E-state index contributed by atoms with van der Waals surface area (Å²) in [7, 11) is 1.24. The highest BCUT2D eigenvalue weighted by Crippen LogP contribution is 2.37. The first-order valence-corrected chi connectivity index (χ1v) is 13.5. The van der Waals surface area contributed by atoms with Gasteiger partial charge in [-0.25, -0.2) is 14.1 Å². The summed E-state index contributed by atoms with van der Waals surface area (Å²) < 4.78 is 25.1. The van der Waals surface area contributed by atoms with E-state index in [1.54, 1.807) is 6.92 Å². The van der Waals surface area contributed by atoms with Gasteiger partial charge in [-0.3, -0.25) is 14.4 Å². The zero-order valence-corrected chi connectivity index (χ0v) is 22.9. The Morgan fingerprint density at radius 1 is 1.14 bits per heavy atom. The summed E-state index contributed by atoms with van der Waals surface area (Å²) in [4.78, 5) is 51.9. The number of carbonyl (C=O) groups is 4. The van der Waals surface area contributed by atoms with Crippen molar-refractivity contribution in [3.63, 3.8) is 0 Å². The summed E-state index contributed by atoms with van der Waals surface area (Å²) >= 11 is 12.9. The Morgan fingerprint density at radius 2 is 1.81 bits per heavy atom. The third-order valence-electron chi connectivity index (χ3n) is 5.60. The van der Waals surface area contributed by atoms with E-state index in [1.807, 2.05) is 6.92 Å². The highest BCUT2D eigenvalue weighted by Gasteiger charge is 2.33. The van der Waals surface area contributed by atoms with Crippen LogP contribution >= 0.6 is 35.0 Å². The highest BCUT2D eigenvalue weighted by molar-refractivity contribution is 8.00. The number of esters is 2. The van der Waals surface area contributed by atoms with E-state index >= 15 is 4.39 Å². The molecule has 0 fully saturated rings. The Balaban J connectivity index is 2.48. The van der Waals surface area contributed by atoms with Crippen molar-refractivity contribution in [3.8, 4) is 0 Å². The highest BCUT2D eigenvalue weighted by atomic mass is 35.5. The van der Waals surface area contributed by atoms with Crippen LogP contribution in [0.3, 0.4) is 0 Å². The second kappa shape index (κ2) is 14.6. The molecule has 0 radical (unpaired) electrons. The normalized spacial score (nSPS) is 14.3. The summed E-state index contributed by atoms with van der Waals surface area (Å²) in [5.74, 6) is -4.36. The second-order valence-corrected chi connectivity index (χ2v) is 10.2. The fourth-order valence-corrected chi connectivity index (χ4v) is 5.03. The van der Waals surface area contributed by atoms with Gasteiger partial charge < -0.3 is 9.47 Å². The van der Waals surface area contributed by atoms with Crippen LogP contribution in [0.2, 0.25) is 5.02 Å². The summed E-state index contributed by atoms with van der Waals surface area (Å²) in [5.41, 5.74) is -0.0755. The number of carbonyl (C=O) groups excluding carboxylic acids is 4. The van der Waals surface area contributed by atoms with Gasteiger partial charge >= 0.3 is 11.9 Å². The van der Waals surface area contributed by atoms with Crippen LogP contribution in [0, 0.1) is 5.82 Å². The van der Waals surface area contributed by atoms with Gasteiger partial charge in [-0.15, -0.1) is 23.4 Å². The SMILES string of the molecule is CCCCCOC(=O)C1=C(C(=O)N(C(=O)CCl)c2cc(SC(C)C(=O)OC)c(Cl)cc2F)CCCC1. The van der Waals surface area contributed by atoms with Crippen LogP contribution in [0.1, 0.15) is 58.8 Å². The van der Waals surface area contributed by atoms with Gasteiger partial charge in [0, 0.05) is 16.0 Å².